The Hall–Kier alpha value is -1.63. The molecule has 1 rings (SSSR count). The number of carbonyl (C=O) groups excluding carboxylic acids is 3. The summed E-state index contributed by atoms with van der Waals surface area (Å²) in [6.07, 6.45) is -2.58. The van der Waals surface area contributed by atoms with Crippen LogP contribution in [-0.2, 0) is 33.3 Å². The monoisotopic (exact) mass is 274 g/mol. The van der Waals surface area contributed by atoms with Crippen LogP contribution in [-0.4, -0.2) is 48.9 Å². The summed E-state index contributed by atoms with van der Waals surface area (Å²) in [5, 5.41) is 0. The first-order valence-corrected chi connectivity index (χ1v) is 5.94. The van der Waals surface area contributed by atoms with Crippen LogP contribution in [0.5, 0.6) is 0 Å². The minimum atomic E-state index is -0.782. The molecule has 0 spiro atoms. The van der Waals surface area contributed by atoms with Gasteiger partial charge >= 0.3 is 17.9 Å². The lowest BCUT2D eigenvalue weighted by Crippen LogP contribution is -2.40. The molecular formula is C12H18O7. The zero-order valence-electron chi connectivity index (χ0n) is 11.4. The molecule has 0 saturated carbocycles. The first-order valence-electron chi connectivity index (χ1n) is 5.94. The highest BCUT2D eigenvalue weighted by molar-refractivity contribution is 5.67. The molecule has 1 aliphatic rings. The molecule has 0 radical (unpaired) electrons. The summed E-state index contributed by atoms with van der Waals surface area (Å²) >= 11 is 0. The van der Waals surface area contributed by atoms with Crippen LogP contribution in [0.15, 0.2) is 0 Å². The van der Waals surface area contributed by atoms with Crippen molar-refractivity contribution in [3.63, 3.8) is 0 Å². The minimum Gasteiger partial charge on any atom is -0.463 e. The van der Waals surface area contributed by atoms with E-state index in [1.165, 1.54) is 20.8 Å². The average Bonchev–Trinajstić information content (AvgIpc) is 2.53. The molecule has 0 amide bonds. The van der Waals surface area contributed by atoms with Crippen LogP contribution >= 0.6 is 0 Å². The largest absolute Gasteiger partial charge is 0.463 e. The Labute approximate surface area is 111 Å². The van der Waals surface area contributed by atoms with Crippen LogP contribution in [0.3, 0.4) is 0 Å². The molecule has 0 N–H and O–H groups in total. The van der Waals surface area contributed by atoms with Crippen molar-refractivity contribution in [2.75, 3.05) is 6.61 Å². The first-order chi connectivity index (χ1) is 8.81. The molecule has 1 heterocycles. The van der Waals surface area contributed by atoms with E-state index >= 15 is 0 Å². The van der Waals surface area contributed by atoms with Crippen LogP contribution in [0.4, 0.5) is 0 Å². The molecule has 1 saturated heterocycles. The van der Waals surface area contributed by atoms with Crippen molar-refractivity contribution < 1.29 is 33.3 Å². The van der Waals surface area contributed by atoms with Gasteiger partial charge in [0.25, 0.3) is 0 Å². The lowest BCUT2D eigenvalue weighted by Gasteiger charge is -2.22. The van der Waals surface area contributed by atoms with Gasteiger partial charge in [-0.25, -0.2) is 0 Å². The average molecular weight is 274 g/mol. The molecule has 7 heteroatoms. The number of hydrogen-bond donors (Lipinski definition) is 0. The lowest BCUT2D eigenvalue weighted by atomic mass is 10.1. The van der Waals surface area contributed by atoms with E-state index in [9.17, 15) is 14.4 Å². The fourth-order valence-corrected chi connectivity index (χ4v) is 1.93. The summed E-state index contributed by atoms with van der Waals surface area (Å²) in [5.41, 5.74) is 0. The molecule has 1 fully saturated rings. The van der Waals surface area contributed by atoms with E-state index in [-0.39, 0.29) is 6.61 Å². The highest BCUT2D eigenvalue weighted by Gasteiger charge is 2.47. The quantitative estimate of drug-likeness (QED) is 0.534. The summed E-state index contributed by atoms with van der Waals surface area (Å²) in [7, 11) is 0. The maximum absolute atomic E-state index is 11.1. The third-order valence-electron chi connectivity index (χ3n) is 2.60. The van der Waals surface area contributed by atoms with Crippen LogP contribution in [0, 0.1) is 0 Å². The van der Waals surface area contributed by atoms with Gasteiger partial charge in [-0.1, -0.05) is 0 Å². The summed E-state index contributed by atoms with van der Waals surface area (Å²) < 4.78 is 20.6. The van der Waals surface area contributed by atoms with Gasteiger partial charge in [-0.15, -0.1) is 0 Å². The molecule has 19 heavy (non-hydrogen) atoms. The fraction of sp³-hybridized carbons (Fsp3) is 0.750. The van der Waals surface area contributed by atoms with E-state index in [4.69, 9.17) is 18.9 Å². The number of esters is 3. The normalized spacial score (nSPS) is 29.7. The van der Waals surface area contributed by atoms with E-state index in [1.807, 2.05) is 0 Å². The van der Waals surface area contributed by atoms with Crippen molar-refractivity contribution in [1.29, 1.82) is 0 Å². The van der Waals surface area contributed by atoms with Crippen molar-refractivity contribution in [2.45, 2.75) is 52.1 Å². The Morgan fingerprint density at radius 2 is 1.47 bits per heavy atom. The van der Waals surface area contributed by atoms with E-state index in [0.717, 1.165) is 0 Å². The van der Waals surface area contributed by atoms with Crippen LogP contribution < -0.4 is 0 Å². The van der Waals surface area contributed by atoms with Gasteiger partial charge in [0.05, 0.1) is 6.10 Å². The standard InChI is InChI=1S/C12H18O7/c1-6-11(18-8(3)14)12(19-9(4)15)10(17-6)5-16-7(2)13/h6,10-12H,5H2,1-4H3/t6-,10+,11-,12-/m0/s1. The van der Waals surface area contributed by atoms with Crippen LogP contribution in [0.25, 0.3) is 0 Å². The molecule has 4 atom stereocenters. The van der Waals surface area contributed by atoms with Gasteiger partial charge < -0.3 is 18.9 Å². The Morgan fingerprint density at radius 3 is 1.95 bits per heavy atom. The van der Waals surface area contributed by atoms with Crippen LogP contribution in [0.1, 0.15) is 27.7 Å². The molecular weight excluding hydrogens is 256 g/mol. The van der Waals surface area contributed by atoms with Gasteiger partial charge in [0.2, 0.25) is 0 Å². The lowest BCUT2D eigenvalue weighted by molar-refractivity contribution is -0.165. The second-order valence-corrected chi connectivity index (χ2v) is 4.33. The molecule has 1 aliphatic heterocycles. The van der Waals surface area contributed by atoms with Crippen molar-refractivity contribution in [3.8, 4) is 0 Å². The highest BCUT2D eigenvalue weighted by Crippen LogP contribution is 2.27. The smallest absolute Gasteiger partial charge is 0.303 e. The summed E-state index contributed by atoms with van der Waals surface area (Å²) in [5.74, 6) is -1.48. The molecule has 0 aliphatic carbocycles. The topological polar surface area (TPSA) is 88.1 Å². The third-order valence-corrected chi connectivity index (χ3v) is 2.60. The Bertz CT molecular complexity index is 365. The van der Waals surface area contributed by atoms with Gasteiger partial charge in [-0.3, -0.25) is 14.4 Å². The molecule has 0 unspecified atom stereocenters. The van der Waals surface area contributed by atoms with E-state index in [0.29, 0.717) is 0 Å². The van der Waals surface area contributed by atoms with Gasteiger partial charge in [-0.2, -0.15) is 0 Å². The predicted octanol–water partition coefficient (Wildman–Crippen LogP) is 0.200. The zero-order valence-corrected chi connectivity index (χ0v) is 11.4. The Kier molecular flexibility index (Phi) is 5.29. The fourth-order valence-electron chi connectivity index (χ4n) is 1.93. The summed E-state index contributed by atoms with van der Waals surface area (Å²) in [4.78, 5) is 32.9. The van der Waals surface area contributed by atoms with Crippen molar-refractivity contribution in [3.05, 3.63) is 0 Å². The Morgan fingerprint density at radius 1 is 0.947 bits per heavy atom. The second-order valence-electron chi connectivity index (χ2n) is 4.33. The van der Waals surface area contributed by atoms with Crippen molar-refractivity contribution in [1.82, 2.24) is 0 Å². The molecule has 7 nitrogen and oxygen atoms in total. The van der Waals surface area contributed by atoms with Crippen molar-refractivity contribution >= 4 is 17.9 Å². The zero-order chi connectivity index (χ0) is 14.6. The van der Waals surface area contributed by atoms with Crippen molar-refractivity contribution in [2.24, 2.45) is 0 Å². The van der Waals surface area contributed by atoms with Gasteiger partial charge in [-0.05, 0) is 6.92 Å². The van der Waals surface area contributed by atoms with Gasteiger partial charge in [0, 0.05) is 20.8 Å². The third kappa shape index (κ3) is 4.51. The Balaban J connectivity index is 2.76. The SMILES string of the molecule is CC(=O)OC[C@H]1O[C@@H](C)[C@H](OC(C)=O)[C@H]1OC(C)=O. The second kappa shape index (κ2) is 6.51. The minimum absolute atomic E-state index is 0.0601. The number of carbonyl (C=O) groups is 3. The summed E-state index contributed by atoms with van der Waals surface area (Å²) in [6.45, 7) is 5.41. The van der Waals surface area contributed by atoms with Crippen LogP contribution in [0.2, 0.25) is 0 Å². The highest BCUT2D eigenvalue weighted by atomic mass is 16.6. The number of ether oxygens (including phenoxy) is 4. The maximum atomic E-state index is 11.1. The van der Waals surface area contributed by atoms with E-state index < -0.39 is 42.3 Å². The van der Waals surface area contributed by atoms with Gasteiger partial charge in [0.1, 0.15) is 12.7 Å². The van der Waals surface area contributed by atoms with Gasteiger partial charge in [0.15, 0.2) is 12.2 Å². The number of hydrogen-bond acceptors (Lipinski definition) is 7. The summed E-state index contributed by atoms with van der Waals surface area (Å²) in [6, 6.07) is 0. The molecule has 0 aromatic carbocycles. The molecule has 0 aromatic rings. The van der Waals surface area contributed by atoms with E-state index in [1.54, 1.807) is 6.92 Å². The molecule has 0 bridgehead atoms. The number of rotatable bonds is 4. The predicted molar refractivity (Wildman–Crippen MR) is 62.1 cm³/mol. The first kappa shape index (κ1) is 15.4. The van der Waals surface area contributed by atoms with E-state index in [2.05, 4.69) is 0 Å². The molecule has 0 aromatic heterocycles. The maximum Gasteiger partial charge on any atom is 0.303 e. The molecule has 108 valence electrons.